The lowest BCUT2D eigenvalue weighted by molar-refractivity contribution is 0.190. The second-order valence-electron chi connectivity index (χ2n) is 2.40. The van der Waals surface area contributed by atoms with Crippen LogP contribution in [-0.4, -0.2) is 11.7 Å². The minimum absolute atomic E-state index is 0.109. The summed E-state index contributed by atoms with van der Waals surface area (Å²) in [5, 5.41) is 14.7. The third-order valence-corrected chi connectivity index (χ3v) is 2.64. The first kappa shape index (κ1) is 9.06. The summed E-state index contributed by atoms with van der Waals surface area (Å²) < 4.78 is 0. The van der Waals surface area contributed by atoms with E-state index in [9.17, 15) is 5.11 Å². The highest BCUT2D eigenvalue weighted by Crippen LogP contribution is 2.23. The van der Waals surface area contributed by atoms with Crippen LogP contribution in [-0.2, 0) is 0 Å². The highest BCUT2D eigenvalue weighted by molar-refractivity contribution is 7.10. The highest BCUT2D eigenvalue weighted by atomic mass is 32.1. The van der Waals surface area contributed by atoms with Crippen molar-refractivity contribution in [3.05, 3.63) is 32.3 Å². The molecule has 0 fully saturated rings. The maximum absolute atomic E-state index is 9.47. The summed E-state index contributed by atoms with van der Waals surface area (Å²) in [6.07, 6.45) is -0.652. The molecule has 0 bridgehead atoms. The number of thiophene rings is 1. The van der Waals surface area contributed by atoms with Crippen LogP contribution in [0.4, 0.5) is 0 Å². The third kappa shape index (κ3) is 1.98. The lowest BCUT2D eigenvalue weighted by Crippen LogP contribution is -1.99. The molecule has 12 heavy (non-hydrogen) atoms. The van der Waals surface area contributed by atoms with E-state index in [4.69, 9.17) is 5.53 Å². The lowest BCUT2D eigenvalue weighted by Gasteiger charge is -2.04. The molecule has 0 saturated carbocycles. The average molecular weight is 183 g/mol. The zero-order valence-electron chi connectivity index (χ0n) is 6.64. The van der Waals surface area contributed by atoms with Crippen molar-refractivity contribution in [1.29, 1.82) is 0 Å². The Bertz CT molecular complexity index is 303. The van der Waals surface area contributed by atoms with Gasteiger partial charge in [0.2, 0.25) is 0 Å². The maximum atomic E-state index is 9.47. The Balaban J connectivity index is 2.70. The SMILES string of the molecule is Cc1ccsc1[C@H](O)CN=[N+]=[N-]. The lowest BCUT2D eigenvalue weighted by atomic mass is 10.2. The minimum Gasteiger partial charge on any atom is -0.387 e. The number of rotatable bonds is 3. The highest BCUT2D eigenvalue weighted by Gasteiger charge is 2.09. The molecule has 5 heteroatoms. The van der Waals surface area contributed by atoms with Crippen LogP contribution < -0.4 is 0 Å². The summed E-state index contributed by atoms with van der Waals surface area (Å²) in [7, 11) is 0. The number of nitrogens with zero attached hydrogens (tertiary/aromatic N) is 3. The Morgan fingerprint density at radius 1 is 1.83 bits per heavy atom. The van der Waals surface area contributed by atoms with E-state index in [0.29, 0.717) is 0 Å². The molecule has 1 heterocycles. The van der Waals surface area contributed by atoms with Crippen molar-refractivity contribution < 1.29 is 5.11 Å². The standard InChI is InChI=1S/C7H9N3OS/c1-5-2-3-12-7(5)6(11)4-9-10-8/h2-3,6,11H,4H2,1H3/t6-/m1/s1. The first-order valence-electron chi connectivity index (χ1n) is 3.48. The van der Waals surface area contributed by atoms with Crippen LogP contribution in [0.3, 0.4) is 0 Å². The van der Waals surface area contributed by atoms with Crippen molar-refractivity contribution >= 4 is 11.3 Å². The van der Waals surface area contributed by atoms with Crippen molar-refractivity contribution in [3.8, 4) is 0 Å². The van der Waals surface area contributed by atoms with Gasteiger partial charge in [-0.05, 0) is 29.5 Å². The van der Waals surface area contributed by atoms with E-state index in [2.05, 4.69) is 10.0 Å². The molecule has 1 aromatic heterocycles. The van der Waals surface area contributed by atoms with E-state index in [1.807, 2.05) is 18.4 Å². The Morgan fingerprint density at radius 2 is 2.58 bits per heavy atom. The van der Waals surface area contributed by atoms with Crippen LogP contribution in [0.1, 0.15) is 16.5 Å². The summed E-state index contributed by atoms with van der Waals surface area (Å²) in [4.78, 5) is 3.46. The third-order valence-electron chi connectivity index (χ3n) is 1.52. The van der Waals surface area contributed by atoms with Crippen molar-refractivity contribution in [2.45, 2.75) is 13.0 Å². The zero-order chi connectivity index (χ0) is 8.97. The Kier molecular flexibility index (Phi) is 3.10. The van der Waals surface area contributed by atoms with Crippen LogP contribution in [0.2, 0.25) is 0 Å². The van der Waals surface area contributed by atoms with Crippen LogP contribution in [0, 0.1) is 6.92 Å². The number of hydrogen-bond acceptors (Lipinski definition) is 3. The molecular formula is C7H9N3OS. The van der Waals surface area contributed by atoms with Crippen molar-refractivity contribution in [2.75, 3.05) is 6.54 Å². The molecule has 0 spiro atoms. The van der Waals surface area contributed by atoms with Gasteiger partial charge in [0, 0.05) is 9.79 Å². The number of azide groups is 1. The largest absolute Gasteiger partial charge is 0.387 e. The van der Waals surface area contributed by atoms with E-state index >= 15 is 0 Å². The van der Waals surface area contributed by atoms with E-state index in [-0.39, 0.29) is 6.54 Å². The van der Waals surface area contributed by atoms with Gasteiger partial charge in [0.05, 0.1) is 12.6 Å². The normalized spacial score (nSPS) is 12.2. The Morgan fingerprint density at radius 3 is 3.08 bits per heavy atom. The van der Waals surface area contributed by atoms with Crippen LogP contribution in [0.5, 0.6) is 0 Å². The molecule has 0 aliphatic heterocycles. The summed E-state index contributed by atoms with van der Waals surface area (Å²) in [6, 6.07) is 1.93. The van der Waals surface area contributed by atoms with Crippen LogP contribution in [0.15, 0.2) is 16.6 Å². The Labute approximate surface area is 74.1 Å². The fraction of sp³-hybridized carbons (Fsp3) is 0.429. The van der Waals surface area contributed by atoms with Gasteiger partial charge in [0.15, 0.2) is 0 Å². The first-order valence-corrected chi connectivity index (χ1v) is 4.36. The first-order chi connectivity index (χ1) is 5.75. The smallest absolute Gasteiger partial charge is 0.0940 e. The molecule has 0 aliphatic rings. The molecule has 0 aromatic carbocycles. The monoisotopic (exact) mass is 183 g/mol. The number of hydrogen-bond donors (Lipinski definition) is 1. The van der Waals surface area contributed by atoms with Gasteiger partial charge in [-0.1, -0.05) is 5.11 Å². The average Bonchev–Trinajstić information content (AvgIpc) is 2.47. The van der Waals surface area contributed by atoms with Crippen molar-refractivity contribution in [2.24, 2.45) is 5.11 Å². The topological polar surface area (TPSA) is 69.0 Å². The molecule has 1 N–H and O–H groups in total. The molecule has 0 radical (unpaired) electrons. The van der Waals surface area contributed by atoms with Crippen molar-refractivity contribution in [1.82, 2.24) is 0 Å². The van der Waals surface area contributed by atoms with Gasteiger partial charge >= 0.3 is 0 Å². The number of aliphatic hydroxyl groups is 1. The molecule has 1 rings (SSSR count). The molecule has 0 saturated heterocycles. The number of aryl methyl sites for hydroxylation is 1. The second-order valence-corrected chi connectivity index (χ2v) is 3.34. The molecular weight excluding hydrogens is 174 g/mol. The summed E-state index contributed by atoms with van der Waals surface area (Å²) >= 11 is 1.47. The van der Waals surface area contributed by atoms with Gasteiger partial charge in [-0.2, -0.15) is 0 Å². The van der Waals surface area contributed by atoms with E-state index in [1.54, 1.807) is 0 Å². The molecule has 0 unspecified atom stereocenters. The van der Waals surface area contributed by atoms with E-state index in [0.717, 1.165) is 10.4 Å². The second kappa shape index (κ2) is 4.11. The summed E-state index contributed by atoms with van der Waals surface area (Å²) in [6.45, 7) is 2.03. The maximum Gasteiger partial charge on any atom is 0.0940 e. The van der Waals surface area contributed by atoms with Gasteiger partial charge in [0.25, 0.3) is 0 Å². The van der Waals surface area contributed by atoms with Gasteiger partial charge in [-0.15, -0.1) is 11.3 Å². The summed E-state index contributed by atoms with van der Waals surface area (Å²) in [5.74, 6) is 0. The number of aliphatic hydroxyl groups excluding tert-OH is 1. The van der Waals surface area contributed by atoms with Gasteiger partial charge in [-0.25, -0.2) is 0 Å². The van der Waals surface area contributed by atoms with E-state index in [1.165, 1.54) is 11.3 Å². The quantitative estimate of drug-likeness (QED) is 0.436. The molecule has 4 nitrogen and oxygen atoms in total. The minimum atomic E-state index is -0.652. The zero-order valence-corrected chi connectivity index (χ0v) is 7.45. The molecule has 1 atom stereocenters. The van der Waals surface area contributed by atoms with Gasteiger partial charge in [-0.3, -0.25) is 0 Å². The fourth-order valence-electron chi connectivity index (χ4n) is 0.923. The summed E-state index contributed by atoms with van der Waals surface area (Å²) in [5.41, 5.74) is 9.07. The Hall–Kier alpha value is -1.03. The van der Waals surface area contributed by atoms with Crippen LogP contribution in [0.25, 0.3) is 10.4 Å². The van der Waals surface area contributed by atoms with E-state index < -0.39 is 6.10 Å². The fourth-order valence-corrected chi connectivity index (χ4v) is 1.83. The van der Waals surface area contributed by atoms with Gasteiger partial charge < -0.3 is 5.11 Å². The molecule has 64 valence electrons. The molecule has 1 aromatic rings. The van der Waals surface area contributed by atoms with Gasteiger partial charge in [0.1, 0.15) is 0 Å². The molecule has 0 aliphatic carbocycles. The van der Waals surface area contributed by atoms with Crippen molar-refractivity contribution in [3.63, 3.8) is 0 Å². The van der Waals surface area contributed by atoms with Crippen LogP contribution >= 0.6 is 11.3 Å². The molecule has 0 amide bonds. The predicted octanol–water partition coefficient (Wildman–Crippen LogP) is 2.40. The predicted molar refractivity (Wildman–Crippen MR) is 48.0 cm³/mol.